The van der Waals surface area contributed by atoms with Crippen LogP contribution in [-0.4, -0.2) is 19.6 Å². The SMILES string of the molecule is CCNC(=N)Nc1ccc(OC)c(C(C)N)c1.Cl.Cl. The number of anilines is 1. The predicted octanol–water partition coefficient (Wildman–Crippen LogP) is 2.51. The number of nitrogens with one attached hydrogen (secondary N) is 3. The molecule has 0 aromatic heterocycles. The van der Waals surface area contributed by atoms with Crippen molar-refractivity contribution in [3.63, 3.8) is 0 Å². The van der Waals surface area contributed by atoms with Crippen molar-refractivity contribution >= 4 is 36.5 Å². The van der Waals surface area contributed by atoms with Crippen molar-refractivity contribution < 1.29 is 4.74 Å². The number of methoxy groups -OCH3 is 1. The summed E-state index contributed by atoms with van der Waals surface area (Å²) in [6.07, 6.45) is 0. The van der Waals surface area contributed by atoms with Gasteiger partial charge in [-0.05, 0) is 32.0 Å². The molecule has 0 aliphatic rings. The van der Waals surface area contributed by atoms with Crippen molar-refractivity contribution in [1.29, 1.82) is 5.41 Å². The molecule has 7 heteroatoms. The van der Waals surface area contributed by atoms with E-state index >= 15 is 0 Å². The number of hydrogen-bond acceptors (Lipinski definition) is 3. The van der Waals surface area contributed by atoms with Crippen LogP contribution >= 0.6 is 24.8 Å². The summed E-state index contributed by atoms with van der Waals surface area (Å²) >= 11 is 0. The first-order valence-corrected chi connectivity index (χ1v) is 5.61. The number of nitrogens with two attached hydrogens (primary N) is 1. The van der Waals surface area contributed by atoms with Gasteiger partial charge in [0.15, 0.2) is 5.96 Å². The Morgan fingerprint density at radius 1 is 1.42 bits per heavy atom. The number of benzene rings is 1. The smallest absolute Gasteiger partial charge is 0.192 e. The quantitative estimate of drug-likeness (QED) is 0.509. The van der Waals surface area contributed by atoms with E-state index in [4.69, 9.17) is 15.9 Å². The maximum atomic E-state index is 7.62. The summed E-state index contributed by atoms with van der Waals surface area (Å²) < 4.78 is 5.24. The zero-order valence-corrected chi connectivity index (χ0v) is 13.0. The second-order valence-corrected chi connectivity index (χ2v) is 3.78. The van der Waals surface area contributed by atoms with Crippen molar-refractivity contribution in [2.75, 3.05) is 19.0 Å². The number of rotatable bonds is 4. The minimum atomic E-state index is -0.111. The number of guanidine groups is 1. The van der Waals surface area contributed by atoms with Crippen LogP contribution in [0.4, 0.5) is 5.69 Å². The van der Waals surface area contributed by atoms with Gasteiger partial charge in [-0.2, -0.15) is 0 Å². The minimum absolute atomic E-state index is 0. The third-order valence-electron chi connectivity index (χ3n) is 2.34. The van der Waals surface area contributed by atoms with Gasteiger partial charge in [-0.15, -0.1) is 24.8 Å². The molecule has 19 heavy (non-hydrogen) atoms. The second-order valence-electron chi connectivity index (χ2n) is 3.78. The zero-order valence-electron chi connectivity index (χ0n) is 11.3. The van der Waals surface area contributed by atoms with Gasteiger partial charge in [-0.3, -0.25) is 5.41 Å². The van der Waals surface area contributed by atoms with E-state index in [1.54, 1.807) is 7.11 Å². The molecule has 0 radical (unpaired) electrons. The van der Waals surface area contributed by atoms with Crippen molar-refractivity contribution in [2.45, 2.75) is 19.9 Å². The predicted molar refractivity (Wildman–Crippen MR) is 85.1 cm³/mol. The van der Waals surface area contributed by atoms with Gasteiger partial charge in [0, 0.05) is 23.8 Å². The lowest BCUT2D eigenvalue weighted by Gasteiger charge is -2.15. The maximum Gasteiger partial charge on any atom is 0.192 e. The van der Waals surface area contributed by atoms with E-state index in [-0.39, 0.29) is 36.8 Å². The van der Waals surface area contributed by atoms with Crippen molar-refractivity contribution in [3.8, 4) is 5.75 Å². The number of hydrogen-bond donors (Lipinski definition) is 4. The molecular formula is C12H22Cl2N4O. The molecule has 0 amide bonds. The van der Waals surface area contributed by atoms with Gasteiger partial charge in [0.25, 0.3) is 0 Å². The first-order chi connectivity index (χ1) is 8.08. The minimum Gasteiger partial charge on any atom is -0.496 e. The van der Waals surface area contributed by atoms with Crippen LogP contribution in [0.25, 0.3) is 0 Å². The molecule has 1 aromatic rings. The molecule has 0 spiro atoms. The lowest BCUT2D eigenvalue weighted by Crippen LogP contribution is -2.29. The van der Waals surface area contributed by atoms with E-state index in [1.807, 2.05) is 32.0 Å². The summed E-state index contributed by atoms with van der Waals surface area (Å²) in [6, 6.07) is 5.49. The normalized spacial score (nSPS) is 10.5. The molecule has 0 aliphatic heterocycles. The van der Waals surface area contributed by atoms with E-state index < -0.39 is 0 Å². The van der Waals surface area contributed by atoms with E-state index in [2.05, 4.69) is 10.6 Å². The Bertz CT molecular complexity index is 399. The standard InChI is InChI=1S/C12H20N4O.2ClH/c1-4-15-12(14)16-9-5-6-11(17-3)10(7-9)8(2)13;;/h5-8H,4,13H2,1-3H3,(H3,14,15,16);2*1H. The Hall–Kier alpha value is -1.17. The third kappa shape index (κ3) is 6.00. The number of halogens is 2. The van der Waals surface area contributed by atoms with Crippen LogP contribution in [0.5, 0.6) is 5.75 Å². The molecule has 5 N–H and O–H groups in total. The highest BCUT2D eigenvalue weighted by Crippen LogP contribution is 2.26. The van der Waals surface area contributed by atoms with Crippen LogP contribution in [0.3, 0.4) is 0 Å². The Morgan fingerprint density at radius 2 is 2.05 bits per heavy atom. The van der Waals surface area contributed by atoms with E-state index in [0.29, 0.717) is 6.54 Å². The van der Waals surface area contributed by atoms with Gasteiger partial charge >= 0.3 is 0 Å². The van der Waals surface area contributed by atoms with Crippen LogP contribution < -0.4 is 21.1 Å². The van der Waals surface area contributed by atoms with E-state index in [0.717, 1.165) is 17.0 Å². The average Bonchev–Trinajstić information content (AvgIpc) is 2.29. The Kier molecular flexibility index (Phi) is 10.3. The average molecular weight is 309 g/mol. The fourth-order valence-corrected chi connectivity index (χ4v) is 1.53. The summed E-state index contributed by atoms with van der Waals surface area (Å²) in [4.78, 5) is 0. The molecular weight excluding hydrogens is 287 g/mol. The number of ether oxygens (including phenoxy) is 1. The largest absolute Gasteiger partial charge is 0.496 e. The topological polar surface area (TPSA) is 83.2 Å². The summed E-state index contributed by atoms with van der Waals surface area (Å²) in [5.74, 6) is 1.04. The molecule has 0 aliphatic carbocycles. The van der Waals surface area contributed by atoms with E-state index in [9.17, 15) is 0 Å². The fraction of sp³-hybridized carbons (Fsp3) is 0.417. The van der Waals surface area contributed by atoms with Gasteiger partial charge < -0.3 is 21.1 Å². The summed E-state index contributed by atoms with van der Waals surface area (Å²) in [7, 11) is 1.62. The summed E-state index contributed by atoms with van der Waals surface area (Å²) in [5, 5.41) is 13.4. The molecule has 0 heterocycles. The van der Waals surface area contributed by atoms with Crippen LogP contribution in [0.1, 0.15) is 25.5 Å². The highest BCUT2D eigenvalue weighted by molar-refractivity contribution is 5.91. The van der Waals surface area contributed by atoms with Crippen molar-refractivity contribution in [2.24, 2.45) is 5.73 Å². The van der Waals surface area contributed by atoms with Gasteiger partial charge in [-0.1, -0.05) is 0 Å². The molecule has 0 saturated heterocycles. The zero-order chi connectivity index (χ0) is 12.8. The van der Waals surface area contributed by atoms with Crippen LogP contribution in [0.15, 0.2) is 18.2 Å². The van der Waals surface area contributed by atoms with Gasteiger partial charge in [-0.25, -0.2) is 0 Å². The molecule has 0 fully saturated rings. The highest BCUT2D eigenvalue weighted by Gasteiger charge is 2.08. The second kappa shape index (κ2) is 9.72. The Morgan fingerprint density at radius 3 is 2.53 bits per heavy atom. The molecule has 0 bridgehead atoms. The Labute approximate surface area is 126 Å². The fourth-order valence-electron chi connectivity index (χ4n) is 1.53. The van der Waals surface area contributed by atoms with Crippen LogP contribution in [0.2, 0.25) is 0 Å². The molecule has 1 aromatic carbocycles. The molecule has 110 valence electrons. The molecule has 1 unspecified atom stereocenters. The Balaban J connectivity index is 0. The highest BCUT2D eigenvalue weighted by atomic mass is 35.5. The van der Waals surface area contributed by atoms with Gasteiger partial charge in [0.05, 0.1) is 7.11 Å². The third-order valence-corrected chi connectivity index (χ3v) is 2.34. The lowest BCUT2D eigenvalue weighted by molar-refractivity contribution is 0.407. The summed E-state index contributed by atoms with van der Waals surface area (Å²) in [5.41, 5.74) is 7.61. The van der Waals surface area contributed by atoms with E-state index in [1.165, 1.54) is 0 Å². The maximum absolute atomic E-state index is 7.62. The first kappa shape index (κ1) is 20.2. The molecule has 0 saturated carbocycles. The van der Waals surface area contributed by atoms with Crippen LogP contribution in [0, 0.1) is 5.41 Å². The monoisotopic (exact) mass is 308 g/mol. The molecule has 1 rings (SSSR count). The molecule has 1 atom stereocenters. The first-order valence-electron chi connectivity index (χ1n) is 5.61. The van der Waals surface area contributed by atoms with Crippen LogP contribution in [-0.2, 0) is 0 Å². The van der Waals surface area contributed by atoms with Gasteiger partial charge in [0.2, 0.25) is 0 Å². The van der Waals surface area contributed by atoms with Gasteiger partial charge in [0.1, 0.15) is 5.75 Å². The summed E-state index contributed by atoms with van der Waals surface area (Å²) in [6.45, 7) is 4.55. The van der Waals surface area contributed by atoms with Crippen molar-refractivity contribution in [1.82, 2.24) is 5.32 Å². The lowest BCUT2D eigenvalue weighted by atomic mass is 10.1. The van der Waals surface area contributed by atoms with Crippen molar-refractivity contribution in [3.05, 3.63) is 23.8 Å². The molecule has 5 nitrogen and oxygen atoms in total.